The highest BCUT2D eigenvalue weighted by Crippen LogP contribution is 2.26. The van der Waals surface area contributed by atoms with Gasteiger partial charge in [-0.15, -0.1) is 0 Å². The van der Waals surface area contributed by atoms with Gasteiger partial charge in [0.25, 0.3) is 0 Å². The third kappa shape index (κ3) is 2.37. The first-order chi connectivity index (χ1) is 8.43. The number of rotatable bonds is 3. The Kier molecular flexibility index (Phi) is 3.14. The Balaban J connectivity index is 1.69. The summed E-state index contributed by atoms with van der Waals surface area (Å²) in [5.74, 6) is 0. The van der Waals surface area contributed by atoms with E-state index in [9.17, 15) is 0 Å². The molecule has 2 nitrogen and oxygen atoms in total. The van der Waals surface area contributed by atoms with Crippen LogP contribution >= 0.6 is 0 Å². The number of hydrogen-bond donors (Lipinski definition) is 2. The molecule has 0 atom stereocenters. The molecule has 1 heterocycles. The van der Waals surface area contributed by atoms with Crippen LogP contribution in [0.25, 0.3) is 0 Å². The van der Waals surface area contributed by atoms with Crippen molar-refractivity contribution in [1.29, 1.82) is 0 Å². The lowest BCUT2D eigenvalue weighted by Gasteiger charge is -2.22. The number of para-hydroxylation sites is 1. The van der Waals surface area contributed by atoms with E-state index < -0.39 is 0 Å². The van der Waals surface area contributed by atoms with Gasteiger partial charge in [-0.05, 0) is 36.8 Å². The van der Waals surface area contributed by atoms with E-state index in [1.807, 2.05) is 0 Å². The average Bonchev–Trinajstić information content (AvgIpc) is 2.89. The lowest BCUT2D eigenvalue weighted by Crippen LogP contribution is -2.26. The maximum atomic E-state index is 3.65. The van der Waals surface area contributed by atoms with Crippen LogP contribution < -0.4 is 10.6 Å². The van der Waals surface area contributed by atoms with Crippen molar-refractivity contribution < 1.29 is 0 Å². The molecule has 0 unspecified atom stereocenters. The van der Waals surface area contributed by atoms with Crippen LogP contribution in [0.5, 0.6) is 0 Å². The van der Waals surface area contributed by atoms with E-state index in [0.717, 1.165) is 13.1 Å². The number of hydrogen-bond acceptors (Lipinski definition) is 2. The van der Waals surface area contributed by atoms with E-state index in [-0.39, 0.29) is 0 Å². The van der Waals surface area contributed by atoms with Crippen LogP contribution in [0.2, 0.25) is 0 Å². The second-order valence-corrected chi connectivity index (χ2v) is 5.00. The molecule has 0 bridgehead atoms. The average molecular weight is 228 g/mol. The fourth-order valence-corrected chi connectivity index (χ4v) is 2.77. The van der Waals surface area contributed by atoms with Crippen LogP contribution in [0.1, 0.15) is 30.4 Å². The Hall–Kier alpha value is -1.28. The van der Waals surface area contributed by atoms with Crippen LogP contribution in [0.4, 0.5) is 5.69 Å². The number of fused-ring (bicyclic) bond motifs is 1. The molecule has 0 amide bonds. The van der Waals surface area contributed by atoms with Crippen molar-refractivity contribution in [2.45, 2.75) is 38.3 Å². The fourth-order valence-electron chi connectivity index (χ4n) is 2.77. The van der Waals surface area contributed by atoms with Gasteiger partial charge in [0, 0.05) is 24.8 Å². The Morgan fingerprint density at radius 2 is 2.12 bits per heavy atom. The lowest BCUT2D eigenvalue weighted by atomic mass is 9.99. The molecule has 0 radical (unpaired) electrons. The van der Waals surface area contributed by atoms with Crippen molar-refractivity contribution >= 4 is 5.69 Å². The minimum Gasteiger partial charge on any atom is -0.385 e. The molecule has 0 spiro atoms. The van der Waals surface area contributed by atoms with Crippen LogP contribution in [0.3, 0.4) is 0 Å². The van der Waals surface area contributed by atoms with Crippen LogP contribution in [-0.2, 0) is 13.0 Å². The molecule has 1 aliphatic heterocycles. The highest BCUT2D eigenvalue weighted by Gasteiger charge is 2.14. The van der Waals surface area contributed by atoms with Gasteiger partial charge in [-0.1, -0.05) is 30.4 Å². The van der Waals surface area contributed by atoms with E-state index in [4.69, 9.17) is 0 Å². The largest absolute Gasteiger partial charge is 0.385 e. The van der Waals surface area contributed by atoms with Gasteiger partial charge in [-0.25, -0.2) is 0 Å². The summed E-state index contributed by atoms with van der Waals surface area (Å²) in [7, 11) is 0. The second-order valence-electron chi connectivity index (χ2n) is 5.00. The molecule has 0 aromatic heterocycles. The summed E-state index contributed by atoms with van der Waals surface area (Å²) < 4.78 is 0. The van der Waals surface area contributed by atoms with Gasteiger partial charge in [-0.2, -0.15) is 0 Å². The van der Waals surface area contributed by atoms with Gasteiger partial charge >= 0.3 is 0 Å². The third-order valence-electron chi connectivity index (χ3n) is 3.75. The molecule has 2 heteroatoms. The molecular formula is C15H20N2. The third-order valence-corrected chi connectivity index (χ3v) is 3.75. The normalized spacial score (nSPS) is 19.1. The first-order valence-corrected chi connectivity index (χ1v) is 6.66. The molecule has 17 heavy (non-hydrogen) atoms. The van der Waals surface area contributed by atoms with E-state index in [1.54, 1.807) is 0 Å². The summed E-state index contributed by atoms with van der Waals surface area (Å²) in [6.07, 6.45) is 9.40. The number of anilines is 1. The SMILES string of the molecule is C1=CCC(NCc2cccc3c2NCCC3)C1. The molecule has 2 aliphatic rings. The lowest BCUT2D eigenvalue weighted by molar-refractivity contribution is 0.538. The number of benzene rings is 1. The molecule has 2 N–H and O–H groups in total. The second kappa shape index (κ2) is 4.92. The molecule has 1 aromatic carbocycles. The molecule has 1 aliphatic carbocycles. The Labute approximate surface area is 103 Å². The van der Waals surface area contributed by atoms with E-state index in [2.05, 4.69) is 41.0 Å². The maximum Gasteiger partial charge on any atom is 0.0418 e. The molecule has 1 aromatic rings. The zero-order chi connectivity index (χ0) is 11.5. The summed E-state index contributed by atoms with van der Waals surface area (Å²) in [6, 6.07) is 7.33. The van der Waals surface area contributed by atoms with Gasteiger partial charge in [-0.3, -0.25) is 0 Å². The van der Waals surface area contributed by atoms with E-state index in [1.165, 1.54) is 42.5 Å². The van der Waals surface area contributed by atoms with Crippen molar-refractivity contribution in [2.24, 2.45) is 0 Å². The van der Waals surface area contributed by atoms with Crippen molar-refractivity contribution in [3.8, 4) is 0 Å². The zero-order valence-electron chi connectivity index (χ0n) is 10.2. The van der Waals surface area contributed by atoms with Gasteiger partial charge in [0.1, 0.15) is 0 Å². The fraction of sp³-hybridized carbons (Fsp3) is 0.467. The number of nitrogens with one attached hydrogen (secondary N) is 2. The standard InChI is InChI=1S/C15H20N2/c1-2-9-14(8-1)17-11-13-6-3-5-12-7-4-10-16-15(12)13/h1-3,5-6,14,16-17H,4,7-11H2. The van der Waals surface area contributed by atoms with Gasteiger partial charge in [0.2, 0.25) is 0 Å². The first-order valence-electron chi connectivity index (χ1n) is 6.66. The van der Waals surface area contributed by atoms with Gasteiger partial charge in [0.05, 0.1) is 0 Å². The Morgan fingerprint density at radius 3 is 3.00 bits per heavy atom. The van der Waals surface area contributed by atoms with Gasteiger partial charge in [0.15, 0.2) is 0 Å². The van der Waals surface area contributed by atoms with Crippen molar-refractivity contribution in [3.05, 3.63) is 41.5 Å². The molecule has 3 rings (SSSR count). The highest BCUT2D eigenvalue weighted by atomic mass is 14.9. The van der Waals surface area contributed by atoms with E-state index in [0.29, 0.717) is 6.04 Å². The monoisotopic (exact) mass is 228 g/mol. The first kappa shape index (κ1) is 10.8. The summed E-state index contributed by atoms with van der Waals surface area (Å²) in [6.45, 7) is 2.11. The van der Waals surface area contributed by atoms with Crippen molar-refractivity contribution in [3.63, 3.8) is 0 Å². The smallest absolute Gasteiger partial charge is 0.0418 e. The zero-order valence-corrected chi connectivity index (χ0v) is 10.2. The summed E-state index contributed by atoms with van der Waals surface area (Å²) in [5, 5.41) is 7.20. The minimum atomic E-state index is 0.648. The van der Waals surface area contributed by atoms with Crippen LogP contribution in [-0.4, -0.2) is 12.6 Å². The molecular weight excluding hydrogens is 208 g/mol. The van der Waals surface area contributed by atoms with Crippen molar-refractivity contribution in [2.75, 3.05) is 11.9 Å². The molecule has 0 saturated carbocycles. The topological polar surface area (TPSA) is 24.1 Å². The summed E-state index contributed by atoms with van der Waals surface area (Å²) in [4.78, 5) is 0. The molecule has 90 valence electrons. The predicted molar refractivity (Wildman–Crippen MR) is 72.3 cm³/mol. The Bertz CT molecular complexity index is 415. The molecule has 0 saturated heterocycles. The van der Waals surface area contributed by atoms with Gasteiger partial charge < -0.3 is 10.6 Å². The molecule has 0 fully saturated rings. The highest BCUT2D eigenvalue weighted by molar-refractivity contribution is 5.59. The minimum absolute atomic E-state index is 0.648. The van der Waals surface area contributed by atoms with Crippen molar-refractivity contribution in [1.82, 2.24) is 5.32 Å². The van der Waals surface area contributed by atoms with Crippen LogP contribution in [0.15, 0.2) is 30.4 Å². The van der Waals surface area contributed by atoms with E-state index >= 15 is 0 Å². The maximum absolute atomic E-state index is 3.65. The quantitative estimate of drug-likeness (QED) is 0.777. The summed E-state index contributed by atoms with van der Waals surface area (Å²) >= 11 is 0. The Morgan fingerprint density at radius 1 is 1.24 bits per heavy atom. The predicted octanol–water partition coefficient (Wildman–Crippen LogP) is 2.85. The number of aryl methyl sites for hydroxylation is 1. The van der Waals surface area contributed by atoms with Crippen LogP contribution in [0, 0.1) is 0 Å². The summed E-state index contributed by atoms with van der Waals surface area (Å²) in [5.41, 5.74) is 4.30.